The molecule has 8 heteroatoms. The molecular formula is C12H17NO6S. The van der Waals surface area contributed by atoms with E-state index in [4.69, 9.17) is 9.52 Å². The molecule has 1 fully saturated rings. The highest BCUT2D eigenvalue weighted by Crippen LogP contribution is 2.31. The summed E-state index contributed by atoms with van der Waals surface area (Å²) in [6.45, 7) is 0.271. The summed E-state index contributed by atoms with van der Waals surface area (Å²) in [5.74, 6) is -1.52. The van der Waals surface area contributed by atoms with Gasteiger partial charge in [0.2, 0.25) is 10.9 Å². The van der Waals surface area contributed by atoms with Crippen molar-refractivity contribution in [2.24, 2.45) is 11.8 Å². The molecule has 20 heavy (non-hydrogen) atoms. The molecule has 0 aromatic carbocycles. The zero-order valence-corrected chi connectivity index (χ0v) is 11.6. The molecule has 2 rings (SSSR count). The summed E-state index contributed by atoms with van der Waals surface area (Å²) >= 11 is 0. The second-order valence-corrected chi connectivity index (χ2v) is 6.61. The minimum absolute atomic E-state index is 0.0519. The van der Waals surface area contributed by atoms with Crippen molar-refractivity contribution in [1.82, 2.24) is 4.72 Å². The second-order valence-electron chi connectivity index (χ2n) is 4.91. The SMILES string of the molecule is O=C(O)c1ccc(S(=O)(=O)NCC2CCCC2CO)o1. The van der Waals surface area contributed by atoms with Gasteiger partial charge in [0, 0.05) is 13.2 Å². The van der Waals surface area contributed by atoms with E-state index in [1.165, 1.54) is 0 Å². The third-order valence-electron chi connectivity index (χ3n) is 3.64. The zero-order chi connectivity index (χ0) is 14.8. The molecule has 0 amide bonds. The van der Waals surface area contributed by atoms with Crippen LogP contribution in [0.15, 0.2) is 21.6 Å². The Kier molecular flexibility index (Phi) is 4.46. The zero-order valence-electron chi connectivity index (χ0n) is 10.8. The van der Waals surface area contributed by atoms with Gasteiger partial charge < -0.3 is 14.6 Å². The number of carboxylic acid groups (broad SMARTS) is 1. The van der Waals surface area contributed by atoms with Gasteiger partial charge in [-0.3, -0.25) is 0 Å². The van der Waals surface area contributed by atoms with Gasteiger partial charge in [-0.2, -0.15) is 0 Å². The first kappa shape index (κ1) is 15.0. The van der Waals surface area contributed by atoms with Crippen molar-refractivity contribution in [1.29, 1.82) is 0 Å². The number of rotatable bonds is 6. The average molecular weight is 303 g/mol. The molecule has 0 radical (unpaired) electrons. The Morgan fingerprint density at radius 2 is 2.05 bits per heavy atom. The van der Waals surface area contributed by atoms with E-state index in [0.717, 1.165) is 31.4 Å². The normalized spacial score (nSPS) is 23.1. The monoisotopic (exact) mass is 303 g/mol. The van der Waals surface area contributed by atoms with Crippen molar-refractivity contribution in [3.05, 3.63) is 17.9 Å². The fourth-order valence-corrected chi connectivity index (χ4v) is 3.51. The number of hydrogen-bond acceptors (Lipinski definition) is 5. The molecule has 1 aliphatic carbocycles. The molecule has 0 spiro atoms. The largest absolute Gasteiger partial charge is 0.475 e. The summed E-state index contributed by atoms with van der Waals surface area (Å²) in [4.78, 5) is 10.7. The molecule has 2 unspecified atom stereocenters. The van der Waals surface area contributed by atoms with Crippen LogP contribution >= 0.6 is 0 Å². The van der Waals surface area contributed by atoms with Crippen LogP contribution in [0.2, 0.25) is 0 Å². The number of furan rings is 1. The summed E-state index contributed by atoms with van der Waals surface area (Å²) in [6.07, 6.45) is 2.74. The number of carbonyl (C=O) groups is 1. The standard InChI is InChI=1S/C12H17NO6S/c14-7-9-3-1-2-8(9)6-13-20(17,18)11-5-4-10(19-11)12(15)16/h4-5,8-9,13-14H,1-3,6-7H2,(H,15,16). The van der Waals surface area contributed by atoms with Gasteiger partial charge >= 0.3 is 5.97 Å². The average Bonchev–Trinajstić information content (AvgIpc) is 3.05. The van der Waals surface area contributed by atoms with Crippen molar-refractivity contribution in [3.63, 3.8) is 0 Å². The van der Waals surface area contributed by atoms with Gasteiger partial charge in [-0.05, 0) is 36.8 Å². The van der Waals surface area contributed by atoms with Crippen molar-refractivity contribution in [2.75, 3.05) is 13.2 Å². The van der Waals surface area contributed by atoms with Crippen LogP contribution in [0, 0.1) is 11.8 Å². The van der Waals surface area contributed by atoms with E-state index >= 15 is 0 Å². The molecule has 7 nitrogen and oxygen atoms in total. The van der Waals surface area contributed by atoms with Gasteiger partial charge in [-0.15, -0.1) is 0 Å². The lowest BCUT2D eigenvalue weighted by Gasteiger charge is -2.17. The van der Waals surface area contributed by atoms with E-state index in [1.54, 1.807) is 0 Å². The number of aliphatic hydroxyl groups excluding tert-OH is 1. The molecular weight excluding hydrogens is 286 g/mol. The molecule has 3 N–H and O–H groups in total. The Morgan fingerprint density at radius 1 is 1.35 bits per heavy atom. The molecule has 0 saturated heterocycles. The first-order valence-corrected chi connectivity index (χ1v) is 7.86. The quantitative estimate of drug-likeness (QED) is 0.711. The van der Waals surface area contributed by atoms with Crippen LogP contribution in [0.1, 0.15) is 29.8 Å². The highest BCUT2D eigenvalue weighted by atomic mass is 32.2. The van der Waals surface area contributed by atoms with Crippen LogP contribution in [0.25, 0.3) is 0 Å². The van der Waals surface area contributed by atoms with Crippen molar-refractivity contribution in [3.8, 4) is 0 Å². The van der Waals surface area contributed by atoms with Crippen LogP contribution in [-0.2, 0) is 10.0 Å². The number of aromatic carboxylic acids is 1. The molecule has 112 valence electrons. The molecule has 2 atom stereocenters. The lowest BCUT2D eigenvalue weighted by atomic mass is 9.97. The van der Waals surface area contributed by atoms with Gasteiger partial charge in [0.1, 0.15) is 0 Å². The van der Waals surface area contributed by atoms with E-state index in [-0.39, 0.29) is 25.0 Å². The van der Waals surface area contributed by atoms with Gasteiger partial charge in [0.15, 0.2) is 0 Å². The Morgan fingerprint density at radius 3 is 2.65 bits per heavy atom. The van der Waals surface area contributed by atoms with Crippen LogP contribution in [-0.4, -0.2) is 37.8 Å². The number of hydrogen-bond donors (Lipinski definition) is 3. The van der Waals surface area contributed by atoms with Crippen LogP contribution in [0.5, 0.6) is 0 Å². The summed E-state index contributed by atoms with van der Waals surface area (Å²) in [7, 11) is -3.85. The first-order chi connectivity index (χ1) is 9.44. The van der Waals surface area contributed by atoms with E-state index in [9.17, 15) is 18.3 Å². The fourth-order valence-electron chi connectivity index (χ4n) is 2.49. The summed E-state index contributed by atoms with van der Waals surface area (Å²) in [6, 6.07) is 2.22. The third-order valence-corrected chi connectivity index (χ3v) is 4.94. The molecule has 1 aromatic heterocycles. The molecule has 1 aliphatic rings. The predicted octanol–water partition coefficient (Wildman–Crippen LogP) is 0.665. The Hall–Kier alpha value is -1.38. The number of aliphatic hydroxyl groups is 1. The van der Waals surface area contributed by atoms with E-state index in [1.807, 2.05) is 0 Å². The third kappa shape index (κ3) is 3.20. The molecule has 0 aliphatic heterocycles. The minimum atomic E-state index is -3.85. The van der Waals surface area contributed by atoms with Gasteiger partial charge in [0.05, 0.1) is 0 Å². The van der Waals surface area contributed by atoms with Crippen molar-refractivity contribution < 1.29 is 27.8 Å². The van der Waals surface area contributed by atoms with Gasteiger partial charge in [-0.25, -0.2) is 17.9 Å². The Bertz CT molecular complexity index is 579. The predicted molar refractivity (Wildman–Crippen MR) is 68.8 cm³/mol. The topological polar surface area (TPSA) is 117 Å². The first-order valence-electron chi connectivity index (χ1n) is 6.37. The number of carboxylic acids is 1. The number of nitrogens with one attached hydrogen (secondary N) is 1. The summed E-state index contributed by atoms with van der Waals surface area (Å²) in [5, 5.41) is 17.5. The lowest BCUT2D eigenvalue weighted by molar-refractivity contribution is 0.0656. The van der Waals surface area contributed by atoms with E-state index in [0.29, 0.717) is 0 Å². The smallest absolute Gasteiger partial charge is 0.371 e. The molecule has 0 bridgehead atoms. The Balaban J connectivity index is 2.01. The lowest BCUT2D eigenvalue weighted by Crippen LogP contribution is -2.31. The molecule has 1 saturated carbocycles. The summed E-state index contributed by atoms with van der Waals surface area (Å²) in [5.41, 5.74) is 0. The highest BCUT2D eigenvalue weighted by molar-refractivity contribution is 7.89. The maximum absolute atomic E-state index is 12.0. The molecule has 1 heterocycles. The van der Waals surface area contributed by atoms with Gasteiger partial charge in [0.25, 0.3) is 10.0 Å². The maximum atomic E-state index is 12.0. The summed E-state index contributed by atoms with van der Waals surface area (Å²) < 4.78 is 31.1. The van der Waals surface area contributed by atoms with Crippen molar-refractivity contribution in [2.45, 2.75) is 24.4 Å². The number of sulfonamides is 1. The van der Waals surface area contributed by atoms with Crippen LogP contribution < -0.4 is 4.72 Å². The molecule has 1 aromatic rings. The van der Waals surface area contributed by atoms with Crippen molar-refractivity contribution >= 4 is 16.0 Å². The minimum Gasteiger partial charge on any atom is -0.475 e. The second kappa shape index (κ2) is 5.94. The van der Waals surface area contributed by atoms with Gasteiger partial charge in [-0.1, -0.05) is 6.42 Å². The highest BCUT2D eigenvalue weighted by Gasteiger charge is 2.29. The maximum Gasteiger partial charge on any atom is 0.371 e. The Labute approximate surface area is 116 Å². The fraction of sp³-hybridized carbons (Fsp3) is 0.583. The van der Waals surface area contributed by atoms with E-state index < -0.39 is 26.8 Å². The van der Waals surface area contributed by atoms with Crippen LogP contribution in [0.4, 0.5) is 0 Å². The van der Waals surface area contributed by atoms with Crippen LogP contribution in [0.3, 0.4) is 0 Å². The van der Waals surface area contributed by atoms with E-state index in [2.05, 4.69) is 4.72 Å².